The molecule has 0 aliphatic heterocycles. The summed E-state index contributed by atoms with van der Waals surface area (Å²) in [5, 5.41) is 3.83. The summed E-state index contributed by atoms with van der Waals surface area (Å²) in [4.78, 5) is 2.56. The number of nitrogens with zero attached hydrogens (tertiary/aromatic N) is 1. The molecule has 0 radical (unpaired) electrons. The third-order valence-corrected chi connectivity index (χ3v) is 5.18. The molecule has 2 rings (SSSR count). The van der Waals surface area contributed by atoms with Crippen molar-refractivity contribution in [1.29, 1.82) is 0 Å². The van der Waals surface area contributed by atoms with E-state index in [-0.39, 0.29) is 0 Å². The summed E-state index contributed by atoms with van der Waals surface area (Å²) < 4.78 is 0. The maximum Gasteiger partial charge on any atom is 0.0472 e. The van der Waals surface area contributed by atoms with E-state index in [0.29, 0.717) is 12.1 Å². The van der Waals surface area contributed by atoms with Gasteiger partial charge in [0.1, 0.15) is 0 Å². The van der Waals surface area contributed by atoms with Crippen LogP contribution in [0, 0.1) is 5.92 Å². The van der Waals surface area contributed by atoms with Gasteiger partial charge in [-0.1, -0.05) is 57.0 Å². The van der Waals surface area contributed by atoms with Crippen molar-refractivity contribution in [1.82, 2.24) is 10.2 Å². The van der Waals surface area contributed by atoms with Crippen LogP contribution in [0.5, 0.6) is 0 Å². The Labute approximate surface area is 130 Å². The summed E-state index contributed by atoms with van der Waals surface area (Å²) in [5.74, 6) is 0.887. The number of rotatable bonds is 8. The zero-order valence-corrected chi connectivity index (χ0v) is 14.0. The Balaban J connectivity index is 1.98. The quantitative estimate of drug-likeness (QED) is 0.770. The highest BCUT2D eigenvalue weighted by atomic mass is 15.2. The molecule has 0 spiro atoms. The molecule has 2 unspecified atom stereocenters. The Morgan fingerprint density at radius 3 is 2.29 bits per heavy atom. The van der Waals surface area contributed by atoms with E-state index < -0.39 is 0 Å². The maximum absolute atomic E-state index is 3.83. The molecule has 21 heavy (non-hydrogen) atoms. The summed E-state index contributed by atoms with van der Waals surface area (Å²) in [7, 11) is 0. The van der Waals surface area contributed by atoms with E-state index in [1.165, 1.54) is 31.2 Å². The first-order chi connectivity index (χ1) is 10.3. The van der Waals surface area contributed by atoms with Gasteiger partial charge in [-0.05, 0) is 44.3 Å². The van der Waals surface area contributed by atoms with Crippen molar-refractivity contribution in [3.63, 3.8) is 0 Å². The SMILES string of the molecule is CCN(CC)C(CNC(C)C1CCCC1)c1ccccc1. The average molecular weight is 288 g/mol. The van der Waals surface area contributed by atoms with Gasteiger partial charge in [0.05, 0.1) is 0 Å². The van der Waals surface area contributed by atoms with Crippen LogP contribution in [0.15, 0.2) is 30.3 Å². The minimum atomic E-state index is 0.491. The number of benzene rings is 1. The van der Waals surface area contributed by atoms with Crippen LogP contribution in [0.1, 0.15) is 58.1 Å². The van der Waals surface area contributed by atoms with Gasteiger partial charge in [0.2, 0.25) is 0 Å². The third-order valence-electron chi connectivity index (χ3n) is 5.18. The summed E-state index contributed by atoms with van der Waals surface area (Å²) in [6, 6.07) is 12.1. The standard InChI is InChI=1S/C19H32N2/c1-4-21(5-2)19(18-13-7-6-8-14-18)15-20-16(3)17-11-9-10-12-17/h6-8,13-14,16-17,19-20H,4-5,9-12,15H2,1-3H3. The Kier molecular flexibility index (Phi) is 6.72. The lowest BCUT2D eigenvalue weighted by Gasteiger charge is -2.32. The Morgan fingerprint density at radius 2 is 1.71 bits per heavy atom. The van der Waals surface area contributed by atoms with Gasteiger partial charge in [-0.25, -0.2) is 0 Å². The molecule has 2 heteroatoms. The van der Waals surface area contributed by atoms with Crippen molar-refractivity contribution in [2.45, 2.75) is 58.5 Å². The van der Waals surface area contributed by atoms with Crippen LogP contribution in [-0.2, 0) is 0 Å². The molecule has 0 aromatic heterocycles. The van der Waals surface area contributed by atoms with Crippen LogP contribution in [0.25, 0.3) is 0 Å². The van der Waals surface area contributed by atoms with Gasteiger partial charge >= 0.3 is 0 Å². The van der Waals surface area contributed by atoms with Crippen LogP contribution in [-0.4, -0.2) is 30.6 Å². The highest BCUT2D eigenvalue weighted by Gasteiger charge is 2.23. The largest absolute Gasteiger partial charge is 0.312 e. The van der Waals surface area contributed by atoms with Crippen LogP contribution >= 0.6 is 0 Å². The predicted molar refractivity (Wildman–Crippen MR) is 91.5 cm³/mol. The Bertz CT molecular complexity index is 380. The first-order valence-electron chi connectivity index (χ1n) is 8.78. The topological polar surface area (TPSA) is 15.3 Å². The average Bonchev–Trinajstić information content (AvgIpc) is 3.06. The van der Waals surface area contributed by atoms with E-state index >= 15 is 0 Å². The van der Waals surface area contributed by atoms with Crippen molar-refractivity contribution in [3.05, 3.63) is 35.9 Å². The van der Waals surface area contributed by atoms with Crippen molar-refractivity contribution in [2.75, 3.05) is 19.6 Å². The monoisotopic (exact) mass is 288 g/mol. The molecule has 1 N–H and O–H groups in total. The smallest absolute Gasteiger partial charge is 0.0472 e. The summed E-state index contributed by atoms with van der Waals surface area (Å²) >= 11 is 0. The van der Waals surface area contributed by atoms with Crippen LogP contribution in [0.2, 0.25) is 0 Å². The Morgan fingerprint density at radius 1 is 1.10 bits per heavy atom. The van der Waals surface area contributed by atoms with Crippen LogP contribution in [0.3, 0.4) is 0 Å². The second-order valence-electron chi connectivity index (χ2n) is 6.39. The lowest BCUT2D eigenvalue weighted by molar-refractivity contribution is 0.203. The predicted octanol–water partition coefficient (Wildman–Crippen LogP) is 4.24. The molecule has 1 aromatic rings. The first-order valence-corrected chi connectivity index (χ1v) is 8.78. The molecule has 1 aliphatic carbocycles. The molecule has 118 valence electrons. The molecule has 0 bridgehead atoms. The van der Waals surface area contributed by atoms with E-state index in [1.807, 2.05) is 0 Å². The lowest BCUT2D eigenvalue weighted by Crippen LogP contribution is -2.41. The van der Waals surface area contributed by atoms with E-state index in [4.69, 9.17) is 0 Å². The van der Waals surface area contributed by atoms with Crippen molar-refractivity contribution < 1.29 is 0 Å². The highest BCUT2D eigenvalue weighted by Crippen LogP contribution is 2.28. The van der Waals surface area contributed by atoms with Gasteiger partial charge in [-0.2, -0.15) is 0 Å². The van der Waals surface area contributed by atoms with Crippen molar-refractivity contribution >= 4 is 0 Å². The van der Waals surface area contributed by atoms with E-state index in [9.17, 15) is 0 Å². The fourth-order valence-corrected chi connectivity index (χ4v) is 3.72. The van der Waals surface area contributed by atoms with Gasteiger partial charge < -0.3 is 5.32 Å². The number of hydrogen-bond acceptors (Lipinski definition) is 2. The maximum atomic E-state index is 3.83. The fourth-order valence-electron chi connectivity index (χ4n) is 3.72. The van der Waals surface area contributed by atoms with Gasteiger partial charge in [0.15, 0.2) is 0 Å². The van der Waals surface area contributed by atoms with E-state index in [1.54, 1.807) is 0 Å². The minimum Gasteiger partial charge on any atom is -0.312 e. The Hall–Kier alpha value is -0.860. The third kappa shape index (κ3) is 4.55. The molecule has 1 fully saturated rings. The normalized spacial score (nSPS) is 19.0. The summed E-state index contributed by atoms with van der Waals surface area (Å²) in [5.41, 5.74) is 1.44. The second-order valence-corrected chi connectivity index (χ2v) is 6.39. The molecule has 1 aliphatic rings. The molecule has 0 heterocycles. The van der Waals surface area contributed by atoms with Crippen molar-refractivity contribution in [2.24, 2.45) is 5.92 Å². The minimum absolute atomic E-state index is 0.491. The van der Waals surface area contributed by atoms with Gasteiger partial charge in [0.25, 0.3) is 0 Å². The highest BCUT2D eigenvalue weighted by molar-refractivity contribution is 5.19. The molecular formula is C19H32N2. The van der Waals surface area contributed by atoms with E-state index in [2.05, 4.69) is 61.3 Å². The zero-order valence-electron chi connectivity index (χ0n) is 14.0. The van der Waals surface area contributed by atoms with Crippen molar-refractivity contribution in [3.8, 4) is 0 Å². The summed E-state index contributed by atoms with van der Waals surface area (Å²) in [6.07, 6.45) is 5.68. The molecule has 0 amide bonds. The van der Waals surface area contributed by atoms with Crippen LogP contribution in [0.4, 0.5) is 0 Å². The second kappa shape index (κ2) is 8.55. The number of likely N-dealkylation sites (N-methyl/N-ethyl adjacent to an activating group) is 1. The van der Waals surface area contributed by atoms with Crippen LogP contribution < -0.4 is 5.32 Å². The van der Waals surface area contributed by atoms with E-state index in [0.717, 1.165) is 25.6 Å². The summed E-state index contributed by atoms with van der Waals surface area (Å²) in [6.45, 7) is 10.2. The fraction of sp³-hybridized carbons (Fsp3) is 0.684. The number of nitrogens with one attached hydrogen (secondary N) is 1. The number of hydrogen-bond donors (Lipinski definition) is 1. The van der Waals surface area contributed by atoms with Gasteiger partial charge in [-0.15, -0.1) is 0 Å². The molecular weight excluding hydrogens is 256 g/mol. The zero-order chi connectivity index (χ0) is 15.1. The first kappa shape index (κ1) is 16.5. The molecule has 0 saturated heterocycles. The molecule has 1 saturated carbocycles. The molecule has 2 nitrogen and oxygen atoms in total. The van der Waals surface area contributed by atoms with Gasteiger partial charge in [0, 0.05) is 18.6 Å². The molecule has 2 atom stereocenters. The van der Waals surface area contributed by atoms with Gasteiger partial charge in [-0.3, -0.25) is 4.90 Å². The molecule has 1 aromatic carbocycles. The lowest BCUT2D eigenvalue weighted by atomic mass is 9.98.